The molecule has 0 saturated heterocycles. The van der Waals surface area contributed by atoms with Crippen LogP contribution < -0.4 is 5.32 Å². The molecule has 1 amide bonds. The number of fused-ring (bicyclic) bond motifs is 1. The van der Waals surface area contributed by atoms with Crippen LogP contribution in [0.15, 0.2) is 54.6 Å². The number of nitrogens with one attached hydrogen (secondary N) is 2. The molecule has 0 aliphatic rings. The second-order valence-electron chi connectivity index (χ2n) is 5.13. The van der Waals surface area contributed by atoms with Gasteiger partial charge in [-0.1, -0.05) is 30.3 Å². The highest BCUT2D eigenvalue weighted by Gasteiger charge is 2.04. The first-order valence-corrected chi connectivity index (χ1v) is 7.36. The van der Waals surface area contributed by atoms with Crippen LogP contribution in [0.2, 0.25) is 0 Å². The van der Waals surface area contributed by atoms with Gasteiger partial charge in [0.1, 0.15) is 11.6 Å². The molecular weight excluding hydrogens is 293 g/mol. The third-order valence-electron chi connectivity index (χ3n) is 3.38. The third-order valence-corrected chi connectivity index (χ3v) is 3.38. The molecule has 23 heavy (non-hydrogen) atoms. The van der Waals surface area contributed by atoms with Gasteiger partial charge in [0.25, 0.3) is 0 Å². The molecule has 3 aromatic rings. The van der Waals surface area contributed by atoms with E-state index >= 15 is 0 Å². The molecule has 5 heteroatoms. The van der Waals surface area contributed by atoms with E-state index in [1.165, 1.54) is 18.2 Å². The minimum absolute atomic E-state index is 0.156. The Hall–Kier alpha value is -2.95. The van der Waals surface area contributed by atoms with E-state index in [4.69, 9.17) is 0 Å². The van der Waals surface area contributed by atoms with E-state index in [1.54, 1.807) is 12.1 Å². The lowest BCUT2D eigenvalue weighted by Crippen LogP contribution is -2.23. The van der Waals surface area contributed by atoms with E-state index in [-0.39, 0.29) is 11.7 Å². The van der Waals surface area contributed by atoms with Crippen molar-refractivity contribution in [1.82, 2.24) is 15.3 Å². The number of amides is 1. The van der Waals surface area contributed by atoms with E-state index in [0.29, 0.717) is 18.5 Å². The Morgan fingerprint density at radius 1 is 1.22 bits per heavy atom. The van der Waals surface area contributed by atoms with E-state index in [9.17, 15) is 9.18 Å². The fourth-order valence-electron chi connectivity index (χ4n) is 2.25. The summed E-state index contributed by atoms with van der Waals surface area (Å²) >= 11 is 0. The zero-order valence-electron chi connectivity index (χ0n) is 12.4. The molecule has 2 N–H and O–H groups in total. The number of benzene rings is 2. The van der Waals surface area contributed by atoms with Crippen LogP contribution in [0.25, 0.3) is 17.1 Å². The van der Waals surface area contributed by atoms with Gasteiger partial charge in [0.15, 0.2) is 0 Å². The van der Waals surface area contributed by atoms with Gasteiger partial charge in [0.05, 0.1) is 11.0 Å². The fraction of sp³-hybridized carbons (Fsp3) is 0.111. The molecular formula is C18H16FN3O. The highest BCUT2D eigenvalue weighted by atomic mass is 19.1. The summed E-state index contributed by atoms with van der Waals surface area (Å²) in [4.78, 5) is 19.1. The molecule has 0 aliphatic heterocycles. The molecule has 116 valence electrons. The number of hydrogen-bond acceptors (Lipinski definition) is 2. The largest absolute Gasteiger partial charge is 0.352 e. The lowest BCUT2D eigenvalue weighted by atomic mass is 10.2. The number of imidazole rings is 1. The third kappa shape index (κ3) is 4.03. The number of nitrogens with zero attached hydrogens (tertiary/aromatic N) is 1. The van der Waals surface area contributed by atoms with Crippen molar-refractivity contribution in [2.24, 2.45) is 0 Å². The highest BCUT2D eigenvalue weighted by Crippen LogP contribution is 2.12. The number of aromatic nitrogens is 2. The van der Waals surface area contributed by atoms with Crippen LogP contribution in [0.4, 0.5) is 4.39 Å². The van der Waals surface area contributed by atoms with Gasteiger partial charge in [-0.3, -0.25) is 4.79 Å². The molecule has 0 fully saturated rings. The maximum absolute atomic E-state index is 13.1. The Bertz CT molecular complexity index is 840. The van der Waals surface area contributed by atoms with Crippen molar-refractivity contribution >= 4 is 23.0 Å². The second kappa shape index (κ2) is 6.87. The highest BCUT2D eigenvalue weighted by molar-refractivity contribution is 5.91. The molecule has 2 aromatic carbocycles. The van der Waals surface area contributed by atoms with Crippen molar-refractivity contribution in [3.8, 4) is 0 Å². The lowest BCUT2D eigenvalue weighted by Gasteiger charge is -1.99. The van der Waals surface area contributed by atoms with Crippen LogP contribution in [0.1, 0.15) is 11.4 Å². The van der Waals surface area contributed by atoms with E-state index in [0.717, 1.165) is 16.9 Å². The van der Waals surface area contributed by atoms with Crippen molar-refractivity contribution in [2.45, 2.75) is 6.42 Å². The monoisotopic (exact) mass is 309 g/mol. The Kier molecular flexibility index (Phi) is 4.47. The molecule has 1 heterocycles. The maximum atomic E-state index is 13.1. The Balaban J connectivity index is 1.52. The molecule has 0 aliphatic carbocycles. The number of halogens is 1. The smallest absolute Gasteiger partial charge is 0.244 e. The number of rotatable bonds is 5. The van der Waals surface area contributed by atoms with Crippen molar-refractivity contribution < 1.29 is 9.18 Å². The summed E-state index contributed by atoms with van der Waals surface area (Å²) in [6, 6.07) is 14.0. The zero-order chi connectivity index (χ0) is 16.1. The first-order valence-electron chi connectivity index (χ1n) is 7.36. The van der Waals surface area contributed by atoms with Crippen molar-refractivity contribution in [3.05, 3.63) is 71.8 Å². The average Bonchev–Trinajstić information content (AvgIpc) is 2.95. The van der Waals surface area contributed by atoms with Crippen LogP contribution >= 0.6 is 0 Å². The number of carbonyl (C=O) groups is 1. The predicted octanol–water partition coefficient (Wildman–Crippen LogP) is 3.07. The van der Waals surface area contributed by atoms with Crippen molar-refractivity contribution in [3.63, 3.8) is 0 Å². The summed E-state index contributed by atoms with van der Waals surface area (Å²) in [7, 11) is 0. The van der Waals surface area contributed by atoms with Gasteiger partial charge in [-0.2, -0.15) is 0 Å². The topological polar surface area (TPSA) is 57.8 Å². The number of aromatic amines is 1. The van der Waals surface area contributed by atoms with Crippen LogP contribution in [-0.2, 0) is 11.2 Å². The average molecular weight is 309 g/mol. The van der Waals surface area contributed by atoms with E-state index in [1.807, 2.05) is 30.3 Å². The normalized spacial score (nSPS) is 11.2. The SMILES string of the molecule is O=C(/C=C/c1ccccc1)NCCc1nc2ccc(F)cc2[nH]1. The van der Waals surface area contributed by atoms with Crippen LogP contribution in [0, 0.1) is 5.82 Å². The van der Waals surface area contributed by atoms with Gasteiger partial charge in [-0.25, -0.2) is 9.37 Å². The molecule has 0 unspecified atom stereocenters. The Labute approximate surface area is 133 Å². The van der Waals surface area contributed by atoms with Crippen LogP contribution in [0.5, 0.6) is 0 Å². The first kappa shape index (κ1) is 15.0. The number of H-pyrrole nitrogens is 1. The number of hydrogen-bond donors (Lipinski definition) is 2. The van der Waals surface area contributed by atoms with Gasteiger partial charge in [0, 0.05) is 19.0 Å². The molecule has 3 rings (SSSR count). The predicted molar refractivity (Wildman–Crippen MR) is 88.2 cm³/mol. The molecule has 4 nitrogen and oxygen atoms in total. The Morgan fingerprint density at radius 2 is 2.04 bits per heavy atom. The van der Waals surface area contributed by atoms with Gasteiger partial charge < -0.3 is 10.3 Å². The molecule has 1 aromatic heterocycles. The molecule has 0 bridgehead atoms. The van der Waals surface area contributed by atoms with Crippen LogP contribution in [0.3, 0.4) is 0 Å². The summed E-state index contributed by atoms with van der Waals surface area (Å²) in [5, 5.41) is 2.80. The van der Waals surface area contributed by atoms with E-state index in [2.05, 4.69) is 15.3 Å². The molecule has 0 spiro atoms. The summed E-state index contributed by atoms with van der Waals surface area (Å²) in [6.45, 7) is 0.459. The van der Waals surface area contributed by atoms with Crippen molar-refractivity contribution in [1.29, 1.82) is 0 Å². The summed E-state index contributed by atoms with van der Waals surface area (Å²) < 4.78 is 13.1. The second-order valence-corrected chi connectivity index (χ2v) is 5.13. The minimum atomic E-state index is -0.299. The maximum Gasteiger partial charge on any atom is 0.244 e. The summed E-state index contributed by atoms with van der Waals surface area (Å²) in [5.41, 5.74) is 2.36. The quantitative estimate of drug-likeness (QED) is 0.712. The lowest BCUT2D eigenvalue weighted by molar-refractivity contribution is -0.116. The molecule has 0 saturated carbocycles. The molecule has 0 atom stereocenters. The van der Waals surface area contributed by atoms with Gasteiger partial charge in [-0.15, -0.1) is 0 Å². The zero-order valence-corrected chi connectivity index (χ0v) is 12.4. The molecule has 0 radical (unpaired) electrons. The van der Waals surface area contributed by atoms with Gasteiger partial charge >= 0.3 is 0 Å². The van der Waals surface area contributed by atoms with Gasteiger partial charge in [-0.05, 0) is 29.8 Å². The summed E-state index contributed by atoms with van der Waals surface area (Å²) in [5.74, 6) is 0.265. The fourth-order valence-corrected chi connectivity index (χ4v) is 2.25. The number of carbonyl (C=O) groups excluding carboxylic acids is 1. The standard InChI is InChI=1S/C18H16FN3O/c19-14-7-8-15-16(12-14)22-17(21-15)10-11-20-18(23)9-6-13-4-2-1-3-5-13/h1-9,12H,10-11H2,(H,20,23)(H,21,22)/b9-6+. The first-order chi connectivity index (χ1) is 11.2. The van der Waals surface area contributed by atoms with Crippen LogP contribution in [-0.4, -0.2) is 22.4 Å². The summed E-state index contributed by atoms with van der Waals surface area (Å²) in [6.07, 6.45) is 3.82. The minimum Gasteiger partial charge on any atom is -0.352 e. The Morgan fingerprint density at radius 3 is 2.87 bits per heavy atom. The van der Waals surface area contributed by atoms with E-state index < -0.39 is 0 Å². The van der Waals surface area contributed by atoms with Crippen molar-refractivity contribution in [2.75, 3.05) is 6.54 Å². The van der Waals surface area contributed by atoms with Gasteiger partial charge in [0.2, 0.25) is 5.91 Å².